The average molecular weight is 412 g/mol. The number of hydrogen-bond acceptors (Lipinski definition) is 7. The van der Waals surface area contributed by atoms with Crippen molar-refractivity contribution in [3.05, 3.63) is 29.8 Å². The van der Waals surface area contributed by atoms with Gasteiger partial charge in [0.2, 0.25) is 6.29 Å². The van der Waals surface area contributed by atoms with Crippen molar-refractivity contribution < 1.29 is 29.5 Å². The van der Waals surface area contributed by atoms with Crippen LogP contribution in [0.2, 0.25) is 0 Å². The van der Waals surface area contributed by atoms with Gasteiger partial charge in [-0.3, -0.25) is 4.90 Å². The van der Waals surface area contributed by atoms with Crippen LogP contribution in [0.4, 0.5) is 0 Å². The largest absolute Gasteiger partial charge is 0.462 e. The van der Waals surface area contributed by atoms with Gasteiger partial charge in [-0.15, -0.1) is 0 Å². The zero-order chi connectivity index (χ0) is 21.4. The smallest absolute Gasteiger partial charge is 0.229 e. The standard InChI is InChI=1S/C22H37NO6/c1-5-18-19(24)20(25)21(26)22(29-18)28-17-8-6-16(7-9-17)14-23(4)11-13-27-12-10-15(2)3/h6-9,15,18-22,24-26H,5,10-14H2,1-4H3. The Bertz CT molecular complexity index is 579. The van der Waals surface area contributed by atoms with Gasteiger partial charge in [0, 0.05) is 19.7 Å². The molecule has 1 aliphatic heterocycles. The SMILES string of the molecule is CCC1OC(Oc2ccc(CN(C)CCOCCC(C)C)cc2)C(O)C(O)C1O. The van der Waals surface area contributed by atoms with Crippen LogP contribution >= 0.6 is 0 Å². The van der Waals surface area contributed by atoms with Crippen LogP contribution in [0.15, 0.2) is 24.3 Å². The molecule has 0 saturated carbocycles. The van der Waals surface area contributed by atoms with E-state index in [4.69, 9.17) is 14.2 Å². The molecular formula is C22H37NO6. The number of aliphatic hydroxyl groups is 3. The van der Waals surface area contributed by atoms with Crippen LogP contribution in [-0.2, 0) is 16.0 Å². The van der Waals surface area contributed by atoms with Gasteiger partial charge >= 0.3 is 0 Å². The summed E-state index contributed by atoms with van der Waals surface area (Å²) in [6.07, 6.45) is -3.73. The minimum Gasteiger partial charge on any atom is -0.462 e. The first-order valence-corrected chi connectivity index (χ1v) is 10.5. The minimum atomic E-state index is -1.31. The van der Waals surface area contributed by atoms with Gasteiger partial charge in [0.15, 0.2) is 0 Å². The fraction of sp³-hybridized carbons (Fsp3) is 0.727. The Labute approximate surface area is 174 Å². The van der Waals surface area contributed by atoms with Crippen LogP contribution < -0.4 is 4.74 Å². The molecule has 29 heavy (non-hydrogen) atoms. The zero-order valence-corrected chi connectivity index (χ0v) is 18.0. The van der Waals surface area contributed by atoms with Crippen molar-refractivity contribution in [1.29, 1.82) is 0 Å². The number of nitrogens with zero attached hydrogens (tertiary/aromatic N) is 1. The normalized spacial score (nSPS) is 27.6. The van der Waals surface area contributed by atoms with Gasteiger partial charge in [-0.1, -0.05) is 32.9 Å². The highest BCUT2D eigenvalue weighted by Crippen LogP contribution is 2.26. The number of likely N-dealkylation sites (N-methyl/N-ethyl adjacent to an activating group) is 1. The Morgan fingerprint density at radius 1 is 1.03 bits per heavy atom. The summed E-state index contributed by atoms with van der Waals surface area (Å²) in [6, 6.07) is 7.56. The molecule has 0 aliphatic carbocycles. The molecule has 0 aromatic heterocycles. The van der Waals surface area contributed by atoms with Gasteiger partial charge in [0.1, 0.15) is 24.1 Å². The van der Waals surface area contributed by atoms with Gasteiger partial charge in [-0.2, -0.15) is 0 Å². The van der Waals surface area contributed by atoms with Crippen molar-refractivity contribution in [1.82, 2.24) is 4.90 Å². The molecule has 5 atom stereocenters. The van der Waals surface area contributed by atoms with E-state index in [0.29, 0.717) is 24.7 Å². The molecule has 3 N–H and O–H groups in total. The van der Waals surface area contributed by atoms with Crippen LogP contribution in [0, 0.1) is 5.92 Å². The van der Waals surface area contributed by atoms with E-state index in [1.54, 1.807) is 0 Å². The van der Waals surface area contributed by atoms with Gasteiger partial charge < -0.3 is 29.5 Å². The highest BCUT2D eigenvalue weighted by atomic mass is 16.7. The van der Waals surface area contributed by atoms with Crippen molar-refractivity contribution in [3.63, 3.8) is 0 Å². The Morgan fingerprint density at radius 2 is 1.72 bits per heavy atom. The van der Waals surface area contributed by atoms with E-state index < -0.39 is 30.7 Å². The third-order valence-electron chi connectivity index (χ3n) is 5.16. The first-order valence-electron chi connectivity index (χ1n) is 10.5. The van der Waals surface area contributed by atoms with Crippen molar-refractivity contribution >= 4 is 0 Å². The predicted molar refractivity (Wildman–Crippen MR) is 111 cm³/mol. The summed E-state index contributed by atoms with van der Waals surface area (Å²) < 4.78 is 17.0. The Morgan fingerprint density at radius 3 is 2.34 bits per heavy atom. The third kappa shape index (κ3) is 7.51. The van der Waals surface area contributed by atoms with E-state index in [9.17, 15) is 15.3 Å². The number of ether oxygens (including phenoxy) is 3. The van der Waals surface area contributed by atoms with Crippen molar-refractivity contribution in [2.75, 3.05) is 26.8 Å². The lowest BCUT2D eigenvalue weighted by molar-refractivity contribution is -0.272. The van der Waals surface area contributed by atoms with Crippen molar-refractivity contribution in [2.45, 2.75) is 70.9 Å². The molecule has 0 amide bonds. The molecule has 1 heterocycles. The van der Waals surface area contributed by atoms with Crippen molar-refractivity contribution in [2.24, 2.45) is 5.92 Å². The number of rotatable bonds is 11. The second kappa shape index (κ2) is 11.8. The molecule has 5 unspecified atom stereocenters. The third-order valence-corrected chi connectivity index (χ3v) is 5.16. The maximum atomic E-state index is 10.1. The maximum Gasteiger partial charge on any atom is 0.229 e. The minimum absolute atomic E-state index is 0.511. The topological polar surface area (TPSA) is 91.6 Å². The molecule has 7 nitrogen and oxygen atoms in total. The summed E-state index contributed by atoms with van der Waals surface area (Å²) >= 11 is 0. The van der Waals surface area contributed by atoms with E-state index in [1.165, 1.54) is 0 Å². The Hall–Kier alpha value is -1.22. The molecular weight excluding hydrogens is 374 g/mol. The Balaban J connectivity index is 1.79. The van der Waals surface area contributed by atoms with Crippen LogP contribution in [0.3, 0.4) is 0 Å². The highest BCUT2D eigenvalue weighted by molar-refractivity contribution is 5.27. The van der Waals surface area contributed by atoms with E-state index in [1.807, 2.05) is 31.2 Å². The molecule has 166 valence electrons. The molecule has 1 saturated heterocycles. The average Bonchev–Trinajstić information content (AvgIpc) is 2.69. The molecule has 1 fully saturated rings. The van der Waals surface area contributed by atoms with Gasteiger partial charge in [-0.25, -0.2) is 0 Å². The lowest BCUT2D eigenvalue weighted by Crippen LogP contribution is -2.58. The van der Waals surface area contributed by atoms with Crippen LogP contribution in [0.5, 0.6) is 5.75 Å². The molecule has 0 radical (unpaired) electrons. The molecule has 7 heteroatoms. The molecule has 0 bridgehead atoms. The molecule has 1 aliphatic rings. The molecule has 1 aromatic carbocycles. The predicted octanol–water partition coefficient (Wildman–Crippen LogP) is 1.78. The maximum absolute atomic E-state index is 10.1. The highest BCUT2D eigenvalue weighted by Gasteiger charge is 2.44. The summed E-state index contributed by atoms with van der Waals surface area (Å²) in [5.41, 5.74) is 1.13. The zero-order valence-electron chi connectivity index (χ0n) is 18.0. The monoisotopic (exact) mass is 411 g/mol. The van der Waals surface area contributed by atoms with Crippen LogP contribution in [-0.4, -0.2) is 77.7 Å². The Kier molecular flexibility index (Phi) is 9.82. The summed E-state index contributed by atoms with van der Waals surface area (Å²) in [4.78, 5) is 2.20. The first-order chi connectivity index (χ1) is 13.8. The molecule has 0 spiro atoms. The summed E-state index contributed by atoms with van der Waals surface area (Å²) in [5.74, 6) is 1.20. The lowest BCUT2D eigenvalue weighted by Gasteiger charge is -2.40. The quantitative estimate of drug-likeness (QED) is 0.478. The summed E-state index contributed by atoms with van der Waals surface area (Å²) in [6.45, 7) is 9.40. The van der Waals surface area contributed by atoms with E-state index in [2.05, 4.69) is 25.8 Å². The number of hydrogen-bond donors (Lipinski definition) is 3. The second-order valence-corrected chi connectivity index (χ2v) is 8.22. The van der Waals surface area contributed by atoms with E-state index >= 15 is 0 Å². The van der Waals surface area contributed by atoms with Crippen molar-refractivity contribution in [3.8, 4) is 5.75 Å². The van der Waals surface area contributed by atoms with Crippen LogP contribution in [0.1, 0.15) is 39.2 Å². The van der Waals surface area contributed by atoms with Crippen LogP contribution in [0.25, 0.3) is 0 Å². The van der Waals surface area contributed by atoms with Gasteiger partial charge in [0.05, 0.1) is 12.7 Å². The van der Waals surface area contributed by atoms with Gasteiger partial charge in [-0.05, 0) is 43.5 Å². The second-order valence-electron chi connectivity index (χ2n) is 8.22. The number of aliphatic hydroxyl groups excluding tert-OH is 3. The molecule has 2 rings (SSSR count). The fourth-order valence-electron chi connectivity index (χ4n) is 3.19. The van der Waals surface area contributed by atoms with E-state index in [0.717, 1.165) is 31.7 Å². The number of benzene rings is 1. The first kappa shape index (κ1) is 24.1. The molecule has 1 aromatic rings. The lowest BCUT2D eigenvalue weighted by atomic mass is 9.97. The van der Waals surface area contributed by atoms with Gasteiger partial charge in [0.25, 0.3) is 0 Å². The summed E-state index contributed by atoms with van der Waals surface area (Å²) in [7, 11) is 2.06. The van der Waals surface area contributed by atoms with E-state index in [-0.39, 0.29) is 0 Å². The summed E-state index contributed by atoms with van der Waals surface area (Å²) in [5, 5.41) is 30.0. The fourth-order valence-corrected chi connectivity index (χ4v) is 3.19.